The molecular weight excluding hydrogens is 184 g/mol. The molecule has 0 bridgehead atoms. The normalized spacial score (nSPS) is 15.8. The number of carbonyl (C=O) groups excluding carboxylic acids is 1. The Morgan fingerprint density at radius 3 is 3.08 bits per heavy atom. The van der Waals surface area contributed by atoms with Gasteiger partial charge in [0.1, 0.15) is 0 Å². The second-order valence-electron chi connectivity index (χ2n) is 3.47. The number of carbonyl (C=O) groups is 1. The maximum Gasteiger partial charge on any atom is 0.282 e. The zero-order valence-corrected chi connectivity index (χ0v) is 8.38. The Hall–Kier alpha value is -0.900. The SMILES string of the molecule is CN(CC1CC1)C(=O)c1nccs1. The number of hydrogen-bond acceptors (Lipinski definition) is 3. The maximum absolute atomic E-state index is 11.6. The van der Waals surface area contributed by atoms with Gasteiger partial charge in [0, 0.05) is 25.2 Å². The Balaban J connectivity index is 1.95. The molecule has 1 fully saturated rings. The molecule has 1 saturated carbocycles. The number of hydrogen-bond donors (Lipinski definition) is 0. The summed E-state index contributed by atoms with van der Waals surface area (Å²) in [6.45, 7) is 0.887. The molecule has 4 heteroatoms. The summed E-state index contributed by atoms with van der Waals surface area (Å²) in [6, 6.07) is 0. The summed E-state index contributed by atoms with van der Waals surface area (Å²) in [5, 5.41) is 2.43. The van der Waals surface area contributed by atoms with Gasteiger partial charge in [-0.2, -0.15) is 0 Å². The lowest BCUT2D eigenvalue weighted by Crippen LogP contribution is -2.28. The molecule has 1 amide bonds. The predicted octanol–water partition coefficient (Wildman–Crippen LogP) is 1.63. The van der Waals surface area contributed by atoms with Gasteiger partial charge in [0.2, 0.25) is 0 Å². The highest BCUT2D eigenvalue weighted by Gasteiger charge is 2.25. The van der Waals surface area contributed by atoms with E-state index in [2.05, 4.69) is 4.98 Å². The highest BCUT2D eigenvalue weighted by atomic mass is 32.1. The van der Waals surface area contributed by atoms with E-state index in [0.29, 0.717) is 5.01 Å². The van der Waals surface area contributed by atoms with Crippen LogP contribution in [0.5, 0.6) is 0 Å². The predicted molar refractivity (Wildman–Crippen MR) is 51.8 cm³/mol. The fraction of sp³-hybridized carbons (Fsp3) is 0.556. The van der Waals surface area contributed by atoms with Crippen LogP contribution >= 0.6 is 11.3 Å². The van der Waals surface area contributed by atoms with Crippen molar-refractivity contribution in [3.63, 3.8) is 0 Å². The van der Waals surface area contributed by atoms with Gasteiger partial charge in [-0.3, -0.25) is 4.79 Å². The van der Waals surface area contributed by atoms with Crippen LogP contribution in [0.4, 0.5) is 0 Å². The third kappa shape index (κ3) is 2.06. The van der Waals surface area contributed by atoms with Crippen molar-refractivity contribution >= 4 is 17.2 Å². The molecule has 0 spiro atoms. The maximum atomic E-state index is 11.6. The van der Waals surface area contributed by atoms with Crippen LogP contribution in [-0.2, 0) is 0 Å². The molecule has 0 aromatic carbocycles. The summed E-state index contributed by atoms with van der Waals surface area (Å²) in [5.74, 6) is 0.802. The molecule has 1 aromatic rings. The molecule has 1 aromatic heterocycles. The largest absolute Gasteiger partial charge is 0.339 e. The minimum atomic E-state index is 0.0573. The standard InChI is InChI=1S/C9H12N2OS/c1-11(6-7-2-3-7)9(12)8-10-4-5-13-8/h4-5,7H,2-3,6H2,1H3. The first-order chi connectivity index (χ1) is 6.27. The number of aromatic nitrogens is 1. The van der Waals surface area contributed by atoms with Gasteiger partial charge in [-0.25, -0.2) is 4.98 Å². The highest BCUT2D eigenvalue weighted by molar-refractivity contribution is 7.11. The lowest BCUT2D eigenvalue weighted by molar-refractivity contribution is 0.0788. The Bertz CT molecular complexity index is 293. The fourth-order valence-electron chi connectivity index (χ4n) is 1.26. The van der Waals surface area contributed by atoms with Gasteiger partial charge in [-0.15, -0.1) is 11.3 Å². The Labute approximate surface area is 81.4 Å². The van der Waals surface area contributed by atoms with Gasteiger partial charge < -0.3 is 4.90 Å². The van der Waals surface area contributed by atoms with E-state index < -0.39 is 0 Å². The minimum Gasteiger partial charge on any atom is -0.339 e. The van der Waals surface area contributed by atoms with Gasteiger partial charge in [-0.05, 0) is 18.8 Å². The van der Waals surface area contributed by atoms with Crippen LogP contribution in [-0.4, -0.2) is 29.4 Å². The van der Waals surface area contributed by atoms with E-state index in [0.717, 1.165) is 12.5 Å². The number of thiazole rings is 1. The number of nitrogens with zero attached hydrogens (tertiary/aromatic N) is 2. The molecule has 0 radical (unpaired) electrons. The molecule has 0 saturated heterocycles. The molecule has 0 atom stereocenters. The summed E-state index contributed by atoms with van der Waals surface area (Å²) in [4.78, 5) is 17.4. The zero-order valence-electron chi connectivity index (χ0n) is 7.56. The summed E-state index contributed by atoms with van der Waals surface area (Å²) in [6.07, 6.45) is 4.22. The molecule has 1 aliphatic carbocycles. The van der Waals surface area contributed by atoms with Gasteiger partial charge >= 0.3 is 0 Å². The average molecular weight is 196 g/mol. The highest BCUT2D eigenvalue weighted by Crippen LogP contribution is 2.29. The third-order valence-corrected chi connectivity index (χ3v) is 2.95. The lowest BCUT2D eigenvalue weighted by Gasteiger charge is -2.14. The van der Waals surface area contributed by atoms with Crippen molar-refractivity contribution in [1.82, 2.24) is 9.88 Å². The van der Waals surface area contributed by atoms with E-state index in [-0.39, 0.29) is 5.91 Å². The fourth-order valence-corrected chi connectivity index (χ4v) is 1.89. The van der Waals surface area contributed by atoms with Crippen LogP contribution in [0.1, 0.15) is 22.6 Å². The van der Waals surface area contributed by atoms with Gasteiger partial charge in [0.15, 0.2) is 5.01 Å². The summed E-state index contributed by atoms with van der Waals surface area (Å²) in [5.41, 5.74) is 0. The van der Waals surface area contributed by atoms with Gasteiger partial charge in [0.05, 0.1) is 0 Å². The molecule has 0 unspecified atom stereocenters. The van der Waals surface area contributed by atoms with Crippen molar-refractivity contribution in [3.05, 3.63) is 16.6 Å². The topological polar surface area (TPSA) is 33.2 Å². The van der Waals surface area contributed by atoms with Crippen molar-refractivity contribution in [2.45, 2.75) is 12.8 Å². The molecule has 0 N–H and O–H groups in total. The Morgan fingerprint density at radius 2 is 2.54 bits per heavy atom. The van der Waals surface area contributed by atoms with Crippen molar-refractivity contribution in [2.24, 2.45) is 5.92 Å². The second kappa shape index (κ2) is 3.46. The van der Waals surface area contributed by atoms with E-state index in [1.807, 2.05) is 12.4 Å². The van der Waals surface area contributed by atoms with Crippen LogP contribution < -0.4 is 0 Å². The van der Waals surface area contributed by atoms with E-state index in [1.165, 1.54) is 24.2 Å². The van der Waals surface area contributed by atoms with E-state index in [4.69, 9.17) is 0 Å². The average Bonchev–Trinajstić information content (AvgIpc) is 2.78. The number of rotatable bonds is 3. The molecule has 0 aliphatic heterocycles. The molecule has 1 heterocycles. The van der Waals surface area contributed by atoms with Crippen LogP contribution in [0, 0.1) is 5.92 Å². The smallest absolute Gasteiger partial charge is 0.282 e. The van der Waals surface area contributed by atoms with E-state index >= 15 is 0 Å². The minimum absolute atomic E-state index is 0.0573. The molecule has 2 rings (SSSR count). The first-order valence-corrected chi connectivity index (χ1v) is 5.30. The summed E-state index contributed by atoms with van der Waals surface area (Å²) >= 11 is 1.40. The Morgan fingerprint density at radius 1 is 1.77 bits per heavy atom. The van der Waals surface area contributed by atoms with Crippen LogP contribution in [0.3, 0.4) is 0 Å². The van der Waals surface area contributed by atoms with Crippen LogP contribution in [0.2, 0.25) is 0 Å². The van der Waals surface area contributed by atoms with Crippen LogP contribution in [0.25, 0.3) is 0 Å². The quantitative estimate of drug-likeness (QED) is 0.736. The molecule has 3 nitrogen and oxygen atoms in total. The summed E-state index contributed by atoms with van der Waals surface area (Å²) in [7, 11) is 1.85. The molecule has 70 valence electrons. The Kier molecular flexibility index (Phi) is 2.31. The monoisotopic (exact) mass is 196 g/mol. The molecule has 13 heavy (non-hydrogen) atoms. The first-order valence-electron chi connectivity index (χ1n) is 4.42. The molecule has 1 aliphatic rings. The van der Waals surface area contributed by atoms with Crippen LogP contribution in [0.15, 0.2) is 11.6 Å². The van der Waals surface area contributed by atoms with Crippen molar-refractivity contribution < 1.29 is 4.79 Å². The number of amides is 1. The summed E-state index contributed by atoms with van der Waals surface area (Å²) < 4.78 is 0. The zero-order chi connectivity index (χ0) is 9.26. The first kappa shape index (κ1) is 8.69. The van der Waals surface area contributed by atoms with Gasteiger partial charge in [0.25, 0.3) is 5.91 Å². The van der Waals surface area contributed by atoms with Crippen molar-refractivity contribution in [3.8, 4) is 0 Å². The molecular formula is C9H12N2OS. The van der Waals surface area contributed by atoms with Crippen molar-refractivity contribution in [2.75, 3.05) is 13.6 Å². The second-order valence-corrected chi connectivity index (χ2v) is 4.36. The van der Waals surface area contributed by atoms with Crippen molar-refractivity contribution in [1.29, 1.82) is 0 Å². The third-order valence-electron chi connectivity index (χ3n) is 2.19. The van der Waals surface area contributed by atoms with E-state index in [9.17, 15) is 4.79 Å². The van der Waals surface area contributed by atoms with E-state index in [1.54, 1.807) is 11.1 Å². The van der Waals surface area contributed by atoms with Gasteiger partial charge in [-0.1, -0.05) is 0 Å². The lowest BCUT2D eigenvalue weighted by atomic mass is 10.4.